The topological polar surface area (TPSA) is 42.2 Å². The normalized spacial score (nSPS) is 10.3. The first-order valence-corrected chi connectivity index (χ1v) is 4.72. The van der Waals surface area contributed by atoms with Crippen molar-refractivity contribution >= 4 is 6.08 Å². The molecule has 0 aliphatic heterocycles. The smallest absolute Gasteiger partial charge is 0.188 e. The molecule has 0 saturated carbocycles. The molecule has 0 bridgehead atoms. The number of nitrogens with zero attached hydrogens (tertiary/aromatic N) is 1. The lowest BCUT2D eigenvalue weighted by molar-refractivity contribution is 0.0509. The van der Waals surface area contributed by atoms with Crippen molar-refractivity contribution in [1.29, 1.82) is 5.26 Å². The van der Waals surface area contributed by atoms with Crippen LogP contribution in [0.2, 0.25) is 0 Å². The summed E-state index contributed by atoms with van der Waals surface area (Å²) in [6.07, 6.45) is 3.44. The predicted molar refractivity (Wildman–Crippen MR) is 58.2 cm³/mol. The summed E-state index contributed by atoms with van der Waals surface area (Å²) in [5.74, 6) is 0.0274. The maximum atomic E-state index is 13.4. The number of allylic oxidation sites excluding steroid dienone is 1. The van der Waals surface area contributed by atoms with Crippen LogP contribution in [0.4, 0.5) is 4.39 Å². The Morgan fingerprint density at radius 2 is 2.31 bits per heavy atom. The van der Waals surface area contributed by atoms with Crippen LogP contribution in [-0.4, -0.2) is 13.9 Å². The number of benzene rings is 1. The standard InChI is InChI=1S/C12H12FNO2/c1-15-9-16-11-6-5-10(12(13)8-11)4-2-3-7-14/h2,4-6,8H,3,9H2,1H3. The molecule has 1 aromatic carbocycles. The second kappa shape index (κ2) is 6.59. The Labute approximate surface area is 93.7 Å². The van der Waals surface area contributed by atoms with E-state index in [4.69, 9.17) is 14.7 Å². The predicted octanol–water partition coefficient (Wildman–Crippen LogP) is 2.74. The van der Waals surface area contributed by atoms with Gasteiger partial charge in [0.25, 0.3) is 0 Å². The number of ether oxygens (including phenoxy) is 2. The van der Waals surface area contributed by atoms with Crippen molar-refractivity contribution in [3.05, 3.63) is 35.7 Å². The lowest BCUT2D eigenvalue weighted by Crippen LogP contribution is -1.99. The molecule has 84 valence electrons. The number of hydrogen-bond acceptors (Lipinski definition) is 3. The molecule has 16 heavy (non-hydrogen) atoms. The van der Waals surface area contributed by atoms with Crippen LogP contribution in [0, 0.1) is 17.1 Å². The molecule has 0 spiro atoms. The third-order valence-electron chi connectivity index (χ3n) is 1.82. The molecular formula is C12H12FNO2. The molecule has 0 aliphatic rings. The van der Waals surface area contributed by atoms with Gasteiger partial charge in [-0.15, -0.1) is 0 Å². The van der Waals surface area contributed by atoms with Gasteiger partial charge in [-0.3, -0.25) is 0 Å². The molecule has 0 N–H and O–H groups in total. The van der Waals surface area contributed by atoms with Crippen molar-refractivity contribution in [2.45, 2.75) is 6.42 Å². The van der Waals surface area contributed by atoms with Gasteiger partial charge in [-0.1, -0.05) is 12.2 Å². The van der Waals surface area contributed by atoms with Crippen LogP contribution >= 0.6 is 0 Å². The Bertz CT molecular complexity index is 410. The third-order valence-corrected chi connectivity index (χ3v) is 1.82. The molecule has 0 atom stereocenters. The number of hydrogen-bond donors (Lipinski definition) is 0. The number of methoxy groups -OCH3 is 1. The average Bonchev–Trinajstić information content (AvgIpc) is 2.29. The maximum absolute atomic E-state index is 13.4. The highest BCUT2D eigenvalue weighted by Crippen LogP contribution is 2.17. The fourth-order valence-corrected chi connectivity index (χ4v) is 1.10. The molecule has 0 fully saturated rings. The van der Waals surface area contributed by atoms with E-state index in [1.165, 1.54) is 13.2 Å². The number of halogens is 1. The van der Waals surface area contributed by atoms with E-state index in [0.717, 1.165) is 0 Å². The molecule has 0 heterocycles. The second-order valence-corrected chi connectivity index (χ2v) is 3.00. The Morgan fingerprint density at radius 3 is 2.94 bits per heavy atom. The lowest BCUT2D eigenvalue weighted by Gasteiger charge is -2.05. The van der Waals surface area contributed by atoms with Crippen molar-refractivity contribution < 1.29 is 13.9 Å². The fourth-order valence-electron chi connectivity index (χ4n) is 1.10. The third kappa shape index (κ3) is 3.71. The van der Waals surface area contributed by atoms with Crippen molar-refractivity contribution in [3.63, 3.8) is 0 Å². The first-order valence-electron chi connectivity index (χ1n) is 4.72. The molecule has 0 radical (unpaired) electrons. The van der Waals surface area contributed by atoms with Crippen LogP contribution in [0.3, 0.4) is 0 Å². The Balaban J connectivity index is 2.72. The number of nitriles is 1. The summed E-state index contributed by atoms with van der Waals surface area (Å²) < 4.78 is 23.2. The highest BCUT2D eigenvalue weighted by molar-refractivity contribution is 5.51. The highest BCUT2D eigenvalue weighted by atomic mass is 19.1. The SMILES string of the molecule is COCOc1ccc(C=CCC#N)c(F)c1. The number of rotatable bonds is 5. The van der Waals surface area contributed by atoms with Gasteiger partial charge in [0.15, 0.2) is 6.79 Å². The molecule has 0 aromatic heterocycles. The molecule has 0 aliphatic carbocycles. The molecule has 0 amide bonds. The van der Waals surface area contributed by atoms with E-state index in [9.17, 15) is 4.39 Å². The van der Waals surface area contributed by atoms with E-state index in [0.29, 0.717) is 11.3 Å². The zero-order valence-electron chi connectivity index (χ0n) is 8.94. The minimum atomic E-state index is -0.386. The van der Waals surface area contributed by atoms with Gasteiger partial charge in [0, 0.05) is 18.7 Å². The molecule has 0 unspecified atom stereocenters. The highest BCUT2D eigenvalue weighted by Gasteiger charge is 2.01. The van der Waals surface area contributed by atoms with E-state index in [1.807, 2.05) is 6.07 Å². The monoisotopic (exact) mass is 221 g/mol. The van der Waals surface area contributed by atoms with Crippen LogP contribution in [0.5, 0.6) is 5.75 Å². The summed E-state index contributed by atoms with van der Waals surface area (Å²) >= 11 is 0. The van der Waals surface area contributed by atoms with E-state index < -0.39 is 0 Å². The quantitative estimate of drug-likeness (QED) is 0.718. The van der Waals surface area contributed by atoms with Crippen molar-refractivity contribution in [2.75, 3.05) is 13.9 Å². The molecule has 0 saturated heterocycles. The van der Waals surface area contributed by atoms with Gasteiger partial charge in [0.05, 0.1) is 12.5 Å². The van der Waals surface area contributed by atoms with Gasteiger partial charge in [0.2, 0.25) is 0 Å². The summed E-state index contributed by atoms with van der Waals surface area (Å²) in [5.41, 5.74) is 0.431. The summed E-state index contributed by atoms with van der Waals surface area (Å²) in [7, 11) is 1.50. The van der Waals surface area contributed by atoms with Crippen LogP contribution in [0.15, 0.2) is 24.3 Å². The van der Waals surface area contributed by atoms with E-state index >= 15 is 0 Å². The maximum Gasteiger partial charge on any atom is 0.188 e. The molecule has 1 rings (SSSR count). The van der Waals surface area contributed by atoms with Crippen molar-refractivity contribution in [2.24, 2.45) is 0 Å². The minimum Gasteiger partial charge on any atom is -0.467 e. The van der Waals surface area contributed by atoms with Crippen LogP contribution in [-0.2, 0) is 4.74 Å². The Kier molecular flexibility index (Phi) is 5.03. The van der Waals surface area contributed by atoms with Gasteiger partial charge in [-0.05, 0) is 12.1 Å². The average molecular weight is 221 g/mol. The molecule has 1 aromatic rings. The van der Waals surface area contributed by atoms with Gasteiger partial charge in [0.1, 0.15) is 11.6 Å². The van der Waals surface area contributed by atoms with Gasteiger partial charge in [-0.25, -0.2) is 4.39 Å². The largest absolute Gasteiger partial charge is 0.467 e. The first-order chi connectivity index (χ1) is 7.77. The van der Waals surface area contributed by atoms with E-state index in [1.54, 1.807) is 24.3 Å². The lowest BCUT2D eigenvalue weighted by atomic mass is 10.2. The zero-order chi connectivity index (χ0) is 11.8. The first kappa shape index (κ1) is 12.2. The van der Waals surface area contributed by atoms with Gasteiger partial charge < -0.3 is 9.47 Å². The second-order valence-electron chi connectivity index (χ2n) is 3.00. The van der Waals surface area contributed by atoms with Crippen LogP contribution in [0.1, 0.15) is 12.0 Å². The Hall–Kier alpha value is -1.86. The van der Waals surface area contributed by atoms with Crippen LogP contribution < -0.4 is 4.74 Å². The fraction of sp³-hybridized carbons (Fsp3) is 0.250. The summed E-state index contributed by atoms with van der Waals surface area (Å²) in [6, 6.07) is 6.47. The van der Waals surface area contributed by atoms with Gasteiger partial charge in [-0.2, -0.15) is 5.26 Å². The van der Waals surface area contributed by atoms with Crippen molar-refractivity contribution in [3.8, 4) is 11.8 Å². The molecular weight excluding hydrogens is 209 g/mol. The van der Waals surface area contributed by atoms with Gasteiger partial charge >= 0.3 is 0 Å². The van der Waals surface area contributed by atoms with Crippen molar-refractivity contribution in [1.82, 2.24) is 0 Å². The molecule has 3 nitrogen and oxygen atoms in total. The summed E-state index contributed by atoms with van der Waals surface area (Å²) in [6.45, 7) is 0.0864. The summed E-state index contributed by atoms with van der Waals surface area (Å²) in [4.78, 5) is 0. The minimum absolute atomic E-state index is 0.0864. The van der Waals surface area contributed by atoms with E-state index in [-0.39, 0.29) is 19.0 Å². The van der Waals surface area contributed by atoms with Crippen LogP contribution in [0.25, 0.3) is 6.08 Å². The Morgan fingerprint density at radius 1 is 1.50 bits per heavy atom. The summed E-state index contributed by atoms with van der Waals surface area (Å²) in [5, 5.41) is 8.33. The van der Waals surface area contributed by atoms with E-state index in [2.05, 4.69) is 0 Å². The molecule has 4 heteroatoms. The zero-order valence-corrected chi connectivity index (χ0v) is 8.94.